The van der Waals surface area contributed by atoms with Crippen LogP contribution in [-0.2, 0) is 0 Å². The van der Waals surface area contributed by atoms with E-state index in [1.165, 1.54) is 87.2 Å². The van der Waals surface area contributed by atoms with Crippen LogP contribution in [0.4, 0.5) is 17.1 Å². The van der Waals surface area contributed by atoms with Crippen molar-refractivity contribution in [1.82, 2.24) is 9.55 Å². The Morgan fingerprint density at radius 3 is 1.50 bits per heavy atom. The van der Waals surface area contributed by atoms with E-state index in [0.717, 1.165) is 44.9 Å². The summed E-state index contributed by atoms with van der Waals surface area (Å²) in [5.74, 6) is 0. The molecule has 3 nitrogen and oxygen atoms in total. The van der Waals surface area contributed by atoms with Crippen molar-refractivity contribution in [3.63, 3.8) is 0 Å². The second-order valence-corrected chi connectivity index (χ2v) is 18.7. The molecule has 14 rings (SSSR count). The standard InChI is InChI=1S/C69H45N3/c1-2-15-46(16-3-1)47-30-37-54(38-31-47)72-66-40-34-51(68-59-24-8-10-26-61(59)69(62-27-11-9-25-60(62)68)58-28-12-19-49-17-4-6-22-56(49)58)43-63(66)64-44-55(39-41-67(64)72)71(65-29-13-20-50-18-5-7-23-57(50)65)53-35-32-48(33-36-53)52-21-14-42-70-45-52/h1-45H. The van der Waals surface area contributed by atoms with E-state index in [1.807, 2.05) is 18.5 Å². The van der Waals surface area contributed by atoms with Crippen LogP contribution in [0, 0.1) is 0 Å². The number of pyridine rings is 1. The highest BCUT2D eigenvalue weighted by Crippen LogP contribution is 2.48. The first-order valence-electron chi connectivity index (χ1n) is 24.7. The van der Waals surface area contributed by atoms with Gasteiger partial charge in [-0.3, -0.25) is 4.98 Å². The maximum absolute atomic E-state index is 4.41. The van der Waals surface area contributed by atoms with Gasteiger partial charge in [-0.25, -0.2) is 0 Å². The number of hydrogen-bond donors (Lipinski definition) is 0. The first kappa shape index (κ1) is 41.4. The zero-order valence-corrected chi connectivity index (χ0v) is 39.3. The predicted octanol–water partition coefficient (Wildman–Crippen LogP) is 18.9. The Hall–Kier alpha value is -9.57. The van der Waals surface area contributed by atoms with E-state index in [0.29, 0.717) is 0 Å². The molecule has 12 aromatic carbocycles. The van der Waals surface area contributed by atoms with Gasteiger partial charge >= 0.3 is 0 Å². The van der Waals surface area contributed by atoms with Crippen LogP contribution >= 0.6 is 0 Å². The molecule has 0 aliphatic rings. The number of fused-ring (bicyclic) bond motifs is 7. The van der Waals surface area contributed by atoms with Crippen LogP contribution in [0.3, 0.4) is 0 Å². The van der Waals surface area contributed by atoms with E-state index in [4.69, 9.17) is 0 Å². The molecule has 3 heteroatoms. The van der Waals surface area contributed by atoms with Gasteiger partial charge in [0.2, 0.25) is 0 Å². The Morgan fingerprint density at radius 1 is 0.306 bits per heavy atom. The molecule has 0 spiro atoms. The van der Waals surface area contributed by atoms with Crippen LogP contribution in [0.15, 0.2) is 273 Å². The zero-order chi connectivity index (χ0) is 47.5. The third-order valence-electron chi connectivity index (χ3n) is 14.6. The van der Waals surface area contributed by atoms with Crippen molar-refractivity contribution in [2.24, 2.45) is 0 Å². The molecule has 0 saturated carbocycles. The first-order chi connectivity index (χ1) is 35.7. The van der Waals surface area contributed by atoms with E-state index in [2.05, 4.69) is 269 Å². The molecule has 0 unspecified atom stereocenters. The first-order valence-corrected chi connectivity index (χ1v) is 24.7. The Kier molecular flexibility index (Phi) is 9.85. The lowest BCUT2D eigenvalue weighted by atomic mass is 9.84. The molecule has 0 atom stereocenters. The highest BCUT2D eigenvalue weighted by molar-refractivity contribution is 6.24. The monoisotopic (exact) mass is 915 g/mol. The highest BCUT2D eigenvalue weighted by atomic mass is 15.1. The Labute approximate surface area is 417 Å². The average Bonchev–Trinajstić information content (AvgIpc) is 3.78. The molecular weight excluding hydrogens is 871 g/mol. The molecule has 0 N–H and O–H groups in total. The van der Waals surface area contributed by atoms with E-state index in [9.17, 15) is 0 Å². The smallest absolute Gasteiger partial charge is 0.0542 e. The lowest BCUT2D eigenvalue weighted by molar-refractivity contribution is 1.18. The van der Waals surface area contributed by atoms with Crippen LogP contribution in [0.5, 0.6) is 0 Å². The summed E-state index contributed by atoms with van der Waals surface area (Å²) in [5.41, 5.74) is 16.2. The SMILES string of the molecule is c1ccc(-c2ccc(-n3c4ccc(-c5c6ccccc6c(-c6cccc7ccccc67)c6ccccc56)cc4c4cc(N(c5ccc(-c6cccnc6)cc5)c5cccc6ccccc56)ccc43)cc2)cc1. The van der Waals surface area contributed by atoms with Gasteiger partial charge in [-0.1, -0.05) is 194 Å². The molecule has 0 saturated heterocycles. The van der Waals surface area contributed by atoms with Gasteiger partial charge in [-0.05, 0) is 149 Å². The van der Waals surface area contributed by atoms with E-state index >= 15 is 0 Å². The minimum atomic E-state index is 1.07. The number of rotatable bonds is 8. The van der Waals surface area contributed by atoms with Crippen LogP contribution in [0.2, 0.25) is 0 Å². The van der Waals surface area contributed by atoms with Crippen molar-refractivity contribution in [2.45, 2.75) is 0 Å². The van der Waals surface area contributed by atoms with Gasteiger partial charge in [-0.2, -0.15) is 0 Å². The van der Waals surface area contributed by atoms with Crippen molar-refractivity contribution < 1.29 is 0 Å². The normalized spacial score (nSPS) is 11.6. The second kappa shape index (κ2) is 17.1. The fourth-order valence-electron chi connectivity index (χ4n) is 11.4. The topological polar surface area (TPSA) is 21.1 Å². The van der Waals surface area contributed by atoms with E-state index in [-0.39, 0.29) is 0 Å². The minimum absolute atomic E-state index is 1.07. The fraction of sp³-hybridized carbons (Fsp3) is 0. The zero-order valence-electron chi connectivity index (χ0n) is 39.3. The molecule has 0 radical (unpaired) electrons. The van der Waals surface area contributed by atoms with Crippen molar-refractivity contribution in [1.29, 1.82) is 0 Å². The third-order valence-corrected chi connectivity index (χ3v) is 14.6. The summed E-state index contributed by atoms with van der Waals surface area (Å²) in [4.78, 5) is 6.83. The summed E-state index contributed by atoms with van der Waals surface area (Å²) in [5, 5.41) is 12.2. The molecule has 14 aromatic rings. The van der Waals surface area contributed by atoms with Gasteiger partial charge in [0.25, 0.3) is 0 Å². The van der Waals surface area contributed by atoms with Gasteiger partial charge in [-0.15, -0.1) is 0 Å². The number of hydrogen-bond acceptors (Lipinski definition) is 2. The quantitative estimate of drug-likeness (QED) is 0.142. The van der Waals surface area contributed by atoms with Crippen LogP contribution in [-0.4, -0.2) is 9.55 Å². The molecule has 0 amide bonds. The highest BCUT2D eigenvalue weighted by Gasteiger charge is 2.22. The molecule has 0 fully saturated rings. The summed E-state index contributed by atoms with van der Waals surface area (Å²) in [6.45, 7) is 0. The van der Waals surface area contributed by atoms with Gasteiger partial charge in [0, 0.05) is 45.6 Å². The summed E-state index contributed by atoms with van der Waals surface area (Å²) < 4.78 is 2.44. The van der Waals surface area contributed by atoms with Gasteiger partial charge in [0.15, 0.2) is 0 Å². The Morgan fingerprint density at radius 2 is 0.806 bits per heavy atom. The molecular formula is C69H45N3. The van der Waals surface area contributed by atoms with Crippen molar-refractivity contribution in [3.8, 4) is 50.2 Å². The predicted molar refractivity (Wildman–Crippen MR) is 305 cm³/mol. The van der Waals surface area contributed by atoms with E-state index < -0.39 is 0 Å². The summed E-state index contributed by atoms with van der Waals surface area (Å²) in [7, 11) is 0. The second-order valence-electron chi connectivity index (χ2n) is 18.7. The van der Waals surface area contributed by atoms with Crippen LogP contribution in [0.1, 0.15) is 0 Å². The summed E-state index contributed by atoms with van der Waals surface area (Å²) >= 11 is 0. The number of nitrogens with zero attached hydrogens (tertiary/aromatic N) is 3. The average molecular weight is 916 g/mol. The lowest BCUT2D eigenvalue weighted by Gasteiger charge is -2.27. The maximum atomic E-state index is 4.41. The van der Waals surface area contributed by atoms with Crippen molar-refractivity contribution in [3.05, 3.63) is 273 Å². The molecule has 2 heterocycles. The van der Waals surface area contributed by atoms with Crippen molar-refractivity contribution in [2.75, 3.05) is 4.90 Å². The Balaban J connectivity index is 1.02. The van der Waals surface area contributed by atoms with Gasteiger partial charge in [0.1, 0.15) is 0 Å². The minimum Gasteiger partial charge on any atom is -0.310 e. The molecule has 0 aliphatic carbocycles. The summed E-state index contributed by atoms with van der Waals surface area (Å²) in [6.07, 6.45) is 3.75. The van der Waals surface area contributed by atoms with Crippen LogP contribution in [0.25, 0.3) is 115 Å². The van der Waals surface area contributed by atoms with Gasteiger partial charge in [0.05, 0.1) is 16.7 Å². The Bertz CT molecular complexity index is 4300. The molecule has 0 aliphatic heterocycles. The molecule has 0 bridgehead atoms. The molecule has 72 heavy (non-hydrogen) atoms. The lowest BCUT2D eigenvalue weighted by Crippen LogP contribution is -2.10. The summed E-state index contributed by atoms with van der Waals surface area (Å²) in [6, 6.07) is 95.6. The number of benzene rings is 12. The maximum Gasteiger partial charge on any atom is 0.0542 e. The van der Waals surface area contributed by atoms with Crippen LogP contribution < -0.4 is 4.90 Å². The van der Waals surface area contributed by atoms with E-state index in [1.54, 1.807) is 0 Å². The third kappa shape index (κ3) is 6.86. The molecule has 2 aromatic heterocycles. The fourth-order valence-corrected chi connectivity index (χ4v) is 11.4. The largest absolute Gasteiger partial charge is 0.310 e. The number of anilines is 3. The van der Waals surface area contributed by atoms with Crippen molar-refractivity contribution >= 4 is 82.0 Å². The van der Waals surface area contributed by atoms with Gasteiger partial charge < -0.3 is 9.47 Å². The molecule has 336 valence electrons. The number of aromatic nitrogens is 2.